The van der Waals surface area contributed by atoms with E-state index in [4.69, 9.17) is 14.2 Å². The molecule has 2 aromatic carbocycles. The molecule has 202 valence electrons. The molecule has 4 N–H and O–H groups in total. The van der Waals surface area contributed by atoms with Gasteiger partial charge >= 0.3 is 0 Å². The summed E-state index contributed by atoms with van der Waals surface area (Å²) >= 11 is 0. The van der Waals surface area contributed by atoms with Crippen molar-refractivity contribution in [3.8, 4) is 5.75 Å². The molecule has 0 saturated heterocycles. The third-order valence-electron chi connectivity index (χ3n) is 5.89. The van der Waals surface area contributed by atoms with Crippen LogP contribution in [0.4, 0.5) is 23.5 Å². The lowest BCUT2D eigenvalue weighted by atomic mass is 9.93. The second-order valence-corrected chi connectivity index (χ2v) is 8.71. The van der Waals surface area contributed by atoms with Crippen LogP contribution in [0.1, 0.15) is 29.6 Å². The van der Waals surface area contributed by atoms with E-state index in [2.05, 4.69) is 36.2 Å². The minimum absolute atomic E-state index is 0.108. The third-order valence-corrected chi connectivity index (χ3v) is 5.89. The molecule has 0 unspecified atom stereocenters. The van der Waals surface area contributed by atoms with E-state index in [1.54, 1.807) is 19.2 Å². The molecule has 1 aliphatic carbocycles. The summed E-state index contributed by atoms with van der Waals surface area (Å²) in [7, 11) is 1.64. The quantitative estimate of drug-likeness (QED) is 0.208. The first-order valence-electron chi connectivity index (χ1n) is 12.9. The summed E-state index contributed by atoms with van der Waals surface area (Å²) in [5.74, 6) is 2.12. The molecule has 1 fully saturated rings. The van der Waals surface area contributed by atoms with E-state index in [9.17, 15) is 4.79 Å². The molecule has 0 atom stereocenters. The fourth-order valence-electron chi connectivity index (χ4n) is 3.60. The van der Waals surface area contributed by atoms with Gasteiger partial charge in [-0.3, -0.25) is 4.79 Å². The van der Waals surface area contributed by atoms with Gasteiger partial charge in [-0.25, -0.2) is 0 Å². The van der Waals surface area contributed by atoms with Crippen LogP contribution in [0.3, 0.4) is 0 Å². The van der Waals surface area contributed by atoms with Crippen molar-refractivity contribution in [1.29, 1.82) is 0 Å². The van der Waals surface area contributed by atoms with Gasteiger partial charge in [0.25, 0.3) is 5.91 Å². The zero-order valence-corrected chi connectivity index (χ0v) is 21.6. The van der Waals surface area contributed by atoms with Crippen LogP contribution in [-0.2, 0) is 9.47 Å². The number of carbonyl (C=O) groups is 1. The molecule has 0 spiro atoms. The normalized spacial score (nSPS) is 12.9. The largest absolute Gasteiger partial charge is 0.497 e. The number of ether oxygens (including phenoxy) is 3. The van der Waals surface area contributed by atoms with Gasteiger partial charge in [-0.05, 0) is 55.7 Å². The highest BCUT2D eigenvalue weighted by atomic mass is 16.5. The smallest absolute Gasteiger partial charge is 0.251 e. The lowest BCUT2D eigenvalue weighted by molar-refractivity contribution is 0.0519. The molecule has 38 heavy (non-hydrogen) atoms. The number of anilines is 4. The molecule has 1 aromatic heterocycles. The summed E-state index contributed by atoms with van der Waals surface area (Å²) in [5.41, 5.74) is 1.48. The number of nitrogens with one attached hydrogen (secondary N) is 4. The van der Waals surface area contributed by atoms with Crippen molar-refractivity contribution < 1.29 is 19.0 Å². The van der Waals surface area contributed by atoms with Gasteiger partial charge in [-0.1, -0.05) is 18.2 Å². The van der Waals surface area contributed by atoms with Gasteiger partial charge in [0.2, 0.25) is 17.8 Å². The fourth-order valence-corrected chi connectivity index (χ4v) is 3.60. The summed E-state index contributed by atoms with van der Waals surface area (Å²) in [4.78, 5) is 25.5. The second-order valence-electron chi connectivity index (χ2n) is 8.71. The predicted octanol–water partition coefficient (Wildman–Crippen LogP) is 3.46. The number of hydrogen-bond acceptors (Lipinski definition) is 10. The van der Waals surface area contributed by atoms with Crippen LogP contribution < -0.4 is 26.0 Å². The number of amides is 1. The Morgan fingerprint density at radius 1 is 0.842 bits per heavy atom. The predicted molar refractivity (Wildman–Crippen MR) is 146 cm³/mol. The Morgan fingerprint density at radius 3 is 2.21 bits per heavy atom. The highest BCUT2D eigenvalue weighted by Gasteiger charge is 2.19. The molecule has 1 saturated carbocycles. The molecule has 11 heteroatoms. The van der Waals surface area contributed by atoms with E-state index in [1.165, 1.54) is 6.42 Å². The van der Waals surface area contributed by atoms with E-state index in [0.29, 0.717) is 69.0 Å². The van der Waals surface area contributed by atoms with E-state index in [1.807, 2.05) is 42.5 Å². The van der Waals surface area contributed by atoms with Gasteiger partial charge < -0.3 is 35.5 Å². The maximum Gasteiger partial charge on any atom is 0.251 e. The molecule has 1 aliphatic rings. The number of nitrogens with zero attached hydrogens (tertiary/aromatic N) is 3. The molecule has 0 bridgehead atoms. The van der Waals surface area contributed by atoms with Crippen LogP contribution in [-0.4, -0.2) is 73.5 Å². The number of rotatable bonds is 16. The average Bonchev–Trinajstić information content (AvgIpc) is 2.92. The monoisotopic (exact) mass is 521 g/mol. The Balaban J connectivity index is 1.15. The van der Waals surface area contributed by atoms with Gasteiger partial charge in [0.1, 0.15) is 5.75 Å². The van der Waals surface area contributed by atoms with Crippen molar-refractivity contribution in [2.75, 3.05) is 62.6 Å². The number of methoxy groups -OCH3 is 1. The Kier molecular flexibility index (Phi) is 10.5. The summed E-state index contributed by atoms with van der Waals surface area (Å²) in [6.45, 7) is 2.75. The maximum atomic E-state index is 12.0. The molecule has 0 radical (unpaired) electrons. The Bertz CT molecular complexity index is 1130. The van der Waals surface area contributed by atoms with Crippen molar-refractivity contribution in [3.05, 3.63) is 60.2 Å². The van der Waals surface area contributed by atoms with E-state index >= 15 is 0 Å². The first-order valence-corrected chi connectivity index (χ1v) is 12.9. The fraction of sp³-hybridized carbons (Fsp3) is 0.407. The van der Waals surface area contributed by atoms with Gasteiger partial charge in [0.05, 0.1) is 33.5 Å². The Hall–Kier alpha value is -3.96. The molecule has 3 aromatic rings. The summed E-state index contributed by atoms with van der Waals surface area (Å²) in [5, 5.41) is 12.6. The Morgan fingerprint density at radius 2 is 1.53 bits per heavy atom. The summed E-state index contributed by atoms with van der Waals surface area (Å²) in [6.07, 6.45) is 3.45. The van der Waals surface area contributed by atoms with Gasteiger partial charge in [-0.15, -0.1) is 0 Å². The van der Waals surface area contributed by atoms with Crippen LogP contribution in [0.5, 0.6) is 5.75 Å². The highest BCUT2D eigenvalue weighted by Crippen LogP contribution is 2.23. The molecule has 4 rings (SSSR count). The lowest BCUT2D eigenvalue weighted by Gasteiger charge is -2.26. The zero-order chi connectivity index (χ0) is 26.4. The standard InChI is InChI=1S/C27H35N7O4/c1-36-23-12-10-22(11-13-23)31-27-33-25(32-26(34-27)30-21-8-5-9-21)29-15-17-38-19-18-37-16-14-28-24(35)20-6-3-2-4-7-20/h2-4,6-7,10-13,21H,5,8-9,14-19H2,1H3,(H,28,35)(H3,29,30,31,32,33,34). The third kappa shape index (κ3) is 8.86. The van der Waals surface area contributed by atoms with Crippen molar-refractivity contribution in [3.63, 3.8) is 0 Å². The van der Waals surface area contributed by atoms with Crippen LogP contribution in [0, 0.1) is 0 Å². The van der Waals surface area contributed by atoms with Crippen molar-refractivity contribution in [1.82, 2.24) is 20.3 Å². The van der Waals surface area contributed by atoms with Crippen molar-refractivity contribution in [2.45, 2.75) is 25.3 Å². The molecule has 1 heterocycles. The first-order chi connectivity index (χ1) is 18.7. The topological polar surface area (TPSA) is 132 Å². The molecular formula is C27H35N7O4. The minimum atomic E-state index is -0.108. The molecule has 0 aliphatic heterocycles. The van der Waals surface area contributed by atoms with Crippen molar-refractivity contribution >= 4 is 29.4 Å². The van der Waals surface area contributed by atoms with Gasteiger partial charge in [0, 0.05) is 30.4 Å². The van der Waals surface area contributed by atoms with Gasteiger partial charge in [0.15, 0.2) is 0 Å². The SMILES string of the molecule is COc1ccc(Nc2nc(NCCOCCOCCNC(=O)c3ccccc3)nc(NC3CCC3)n2)cc1. The van der Waals surface area contributed by atoms with Crippen molar-refractivity contribution in [2.24, 2.45) is 0 Å². The van der Waals surface area contributed by atoms with Gasteiger partial charge in [-0.2, -0.15) is 15.0 Å². The van der Waals surface area contributed by atoms with Crippen LogP contribution in [0.15, 0.2) is 54.6 Å². The molecule has 1 amide bonds. The summed E-state index contributed by atoms with van der Waals surface area (Å²) in [6, 6.07) is 17.1. The van der Waals surface area contributed by atoms with E-state index in [0.717, 1.165) is 24.3 Å². The average molecular weight is 522 g/mol. The summed E-state index contributed by atoms with van der Waals surface area (Å²) < 4.78 is 16.4. The molecular weight excluding hydrogens is 486 g/mol. The van der Waals surface area contributed by atoms with Crippen LogP contribution in [0.2, 0.25) is 0 Å². The van der Waals surface area contributed by atoms with Crippen LogP contribution in [0.25, 0.3) is 0 Å². The van der Waals surface area contributed by atoms with Crippen LogP contribution >= 0.6 is 0 Å². The highest BCUT2D eigenvalue weighted by molar-refractivity contribution is 5.94. The Labute approximate surface area is 222 Å². The number of aromatic nitrogens is 3. The van der Waals surface area contributed by atoms with E-state index in [-0.39, 0.29) is 5.91 Å². The lowest BCUT2D eigenvalue weighted by Crippen LogP contribution is -2.28. The number of carbonyl (C=O) groups excluding carboxylic acids is 1. The second kappa shape index (κ2) is 14.7. The maximum absolute atomic E-state index is 12.0. The molecule has 11 nitrogen and oxygen atoms in total. The first kappa shape index (κ1) is 27.1. The van der Waals surface area contributed by atoms with E-state index < -0.39 is 0 Å². The number of hydrogen-bond donors (Lipinski definition) is 4. The number of benzene rings is 2. The minimum Gasteiger partial charge on any atom is -0.497 e. The zero-order valence-electron chi connectivity index (χ0n) is 21.6.